The second-order valence-corrected chi connectivity index (χ2v) is 5.12. The molecule has 106 valence electrons. The molecule has 2 rings (SSSR count). The van der Waals surface area contributed by atoms with Crippen molar-refractivity contribution < 1.29 is 4.74 Å². The average Bonchev–Trinajstić information content (AvgIpc) is 2.47. The van der Waals surface area contributed by atoms with E-state index in [0.29, 0.717) is 6.10 Å². The molecule has 4 nitrogen and oxygen atoms in total. The highest BCUT2D eigenvalue weighted by molar-refractivity contribution is 5.45. The van der Waals surface area contributed by atoms with Crippen molar-refractivity contribution in [2.24, 2.45) is 5.73 Å². The Morgan fingerprint density at radius 2 is 2.32 bits per heavy atom. The number of hydrogen-bond donors (Lipinski definition) is 1. The van der Waals surface area contributed by atoms with Gasteiger partial charge in [-0.15, -0.1) is 0 Å². The summed E-state index contributed by atoms with van der Waals surface area (Å²) in [5, 5.41) is 0. The van der Waals surface area contributed by atoms with Crippen molar-refractivity contribution in [2.75, 3.05) is 24.6 Å². The third-order valence-electron chi connectivity index (χ3n) is 3.74. The van der Waals surface area contributed by atoms with Crippen molar-refractivity contribution in [2.45, 2.75) is 45.3 Å². The van der Waals surface area contributed by atoms with Crippen LogP contribution in [0, 0.1) is 0 Å². The van der Waals surface area contributed by atoms with Crippen molar-refractivity contribution in [1.82, 2.24) is 4.98 Å². The summed E-state index contributed by atoms with van der Waals surface area (Å²) in [6.45, 7) is 6.99. The van der Waals surface area contributed by atoms with E-state index in [4.69, 9.17) is 10.5 Å². The van der Waals surface area contributed by atoms with Crippen molar-refractivity contribution in [1.29, 1.82) is 0 Å². The Morgan fingerprint density at radius 1 is 1.47 bits per heavy atom. The van der Waals surface area contributed by atoms with Gasteiger partial charge in [0.15, 0.2) is 0 Å². The molecule has 0 bridgehead atoms. The number of pyridine rings is 1. The Hall–Kier alpha value is -1.13. The van der Waals surface area contributed by atoms with Crippen LogP contribution in [0.2, 0.25) is 0 Å². The van der Waals surface area contributed by atoms with E-state index in [1.54, 1.807) is 0 Å². The molecule has 0 aromatic carbocycles. The summed E-state index contributed by atoms with van der Waals surface area (Å²) in [6, 6.07) is 4.23. The lowest BCUT2D eigenvalue weighted by atomic mass is 10.1. The van der Waals surface area contributed by atoms with Crippen molar-refractivity contribution in [3.05, 3.63) is 24.0 Å². The van der Waals surface area contributed by atoms with Gasteiger partial charge in [0.05, 0.1) is 23.7 Å². The van der Waals surface area contributed by atoms with Gasteiger partial charge in [0.1, 0.15) is 0 Å². The maximum absolute atomic E-state index is 5.99. The largest absolute Gasteiger partial charge is 0.377 e. The van der Waals surface area contributed by atoms with Gasteiger partial charge in [-0.2, -0.15) is 0 Å². The first kappa shape index (κ1) is 14.3. The van der Waals surface area contributed by atoms with Crippen LogP contribution in [0.5, 0.6) is 0 Å². The molecular formula is C15H25N3O. The zero-order valence-electron chi connectivity index (χ0n) is 12.0. The summed E-state index contributed by atoms with van der Waals surface area (Å²) >= 11 is 0. The zero-order valence-corrected chi connectivity index (χ0v) is 12.0. The van der Waals surface area contributed by atoms with Crippen molar-refractivity contribution >= 4 is 5.69 Å². The molecule has 1 aromatic rings. The molecule has 0 radical (unpaired) electrons. The smallest absolute Gasteiger partial charge is 0.0750 e. The quantitative estimate of drug-likeness (QED) is 0.887. The van der Waals surface area contributed by atoms with Crippen LogP contribution in [-0.2, 0) is 4.74 Å². The van der Waals surface area contributed by atoms with Gasteiger partial charge in [-0.25, -0.2) is 0 Å². The minimum absolute atomic E-state index is 0.0478. The molecule has 0 saturated carbocycles. The summed E-state index contributed by atoms with van der Waals surface area (Å²) in [7, 11) is 0. The van der Waals surface area contributed by atoms with Gasteiger partial charge >= 0.3 is 0 Å². The van der Waals surface area contributed by atoms with Gasteiger partial charge < -0.3 is 15.4 Å². The lowest BCUT2D eigenvalue weighted by molar-refractivity contribution is 0.0526. The second-order valence-electron chi connectivity index (χ2n) is 5.12. The first-order valence-electron chi connectivity index (χ1n) is 7.32. The van der Waals surface area contributed by atoms with E-state index in [0.717, 1.165) is 38.2 Å². The van der Waals surface area contributed by atoms with Crippen LogP contribution in [0.15, 0.2) is 18.3 Å². The van der Waals surface area contributed by atoms with Crippen molar-refractivity contribution in [3.63, 3.8) is 0 Å². The molecule has 0 spiro atoms. The maximum atomic E-state index is 5.99. The van der Waals surface area contributed by atoms with Crippen LogP contribution in [0.1, 0.15) is 44.8 Å². The minimum atomic E-state index is 0.0478. The average molecular weight is 263 g/mol. The van der Waals surface area contributed by atoms with E-state index in [2.05, 4.69) is 29.8 Å². The summed E-state index contributed by atoms with van der Waals surface area (Å²) in [6.07, 6.45) is 5.57. The van der Waals surface area contributed by atoms with Crippen LogP contribution < -0.4 is 10.6 Å². The van der Waals surface area contributed by atoms with Crippen LogP contribution >= 0.6 is 0 Å². The lowest BCUT2D eigenvalue weighted by Gasteiger charge is -2.34. The molecule has 2 heterocycles. The van der Waals surface area contributed by atoms with Gasteiger partial charge in [0.25, 0.3) is 0 Å². The molecule has 0 aliphatic carbocycles. The molecule has 1 saturated heterocycles. The monoisotopic (exact) mass is 263 g/mol. The molecule has 1 aliphatic heterocycles. The molecule has 0 amide bonds. The Labute approximate surface area is 116 Å². The van der Waals surface area contributed by atoms with E-state index in [9.17, 15) is 0 Å². The van der Waals surface area contributed by atoms with Crippen molar-refractivity contribution in [3.8, 4) is 0 Å². The van der Waals surface area contributed by atoms with E-state index in [1.807, 2.05) is 12.3 Å². The van der Waals surface area contributed by atoms with Crippen LogP contribution in [0.3, 0.4) is 0 Å². The predicted molar refractivity (Wildman–Crippen MR) is 78.3 cm³/mol. The summed E-state index contributed by atoms with van der Waals surface area (Å²) in [5.41, 5.74) is 8.14. The van der Waals surface area contributed by atoms with E-state index < -0.39 is 0 Å². The number of hydrogen-bond acceptors (Lipinski definition) is 4. The third-order valence-corrected chi connectivity index (χ3v) is 3.74. The van der Waals surface area contributed by atoms with E-state index in [1.165, 1.54) is 12.1 Å². The van der Waals surface area contributed by atoms with Gasteiger partial charge in [0, 0.05) is 25.7 Å². The number of nitrogens with two attached hydrogens (primary N) is 1. The fourth-order valence-electron chi connectivity index (χ4n) is 2.56. The molecule has 4 heteroatoms. The zero-order chi connectivity index (χ0) is 13.7. The normalized spacial score (nSPS) is 21.4. The highest BCUT2D eigenvalue weighted by atomic mass is 16.5. The molecule has 19 heavy (non-hydrogen) atoms. The molecule has 1 fully saturated rings. The maximum Gasteiger partial charge on any atom is 0.0750 e. The standard InChI is InChI=1S/C15H25N3O/c1-3-14(16)15-8-7-12(10-17-15)18-9-5-6-13(11-18)19-4-2/h7-8,10,13-14H,3-6,9,11,16H2,1-2H3. The first-order valence-corrected chi connectivity index (χ1v) is 7.32. The fourth-order valence-corrected chi connectivity index (χ4v) is 2.56. The van der Waals surface area contributed by atoms with Gasteiger partial charge in [-0.3, -0.25) is 4.98 Å². The highest BCUT2D eigenvalue weighted by Gasteiger charge is 2.20. The fraction of sp³-hybridized carbons (Fsp3) is 0.667. The Morgan fingerprint density at radius 3 is 2.95 bits per heavy atom. The summed E-state index contributed by atoms with van der Waals surface area (Å²) in [5.74, 6) is 0. The summed E-state index contributed by atoms with van der Waals surface area (Å²) in [4.78, 5) is 6.85. The van der Waals surface area contributed by atoms with Crippen LogP contribution in [0.25, 0.3) is 0 Å². The number of ether oxygens (including phenoxy) is 1. The number of anilines is 1. The van der Waals surface area contributed by atoms with Gasteiger partial charge in [-0.1, -0.05) is 6.92 Å². The van der Waals surface area contributed by atoms with Gasteiger partial charge in [-0.05, 0) is 38.3 Å². The van der Waals surface area contributed by atoms with Gasteiger partial charge in [0.2, 0.25) is 0 Å². The highest BCUT2D eigenvalue weighted by Crippen LogP contribution is 2.22. The minimum Gasteiger partial charge on any atom is -0.377 e. The Kier molecular flexibility index (Phi) is 5.16. The topological polar surface area (TPSA) is 51.4 Å². The first-order chi connectivity index (χ1) is 9.24. The number of nitrogens with zero attached hydrogens (tertiary/aromatic N) is 2. The van der Waals surface area contributed by atoms with E-state index >= 15 is 0 Å². The predicted octanol–water partition coefficient (Wildman–Crippen LogP) is 2.50. The molecule has 1 aromatic heterocycles. The lowest BCUT2D eigenvalue weighted by Crippen LogP contribution is -2.39. The number of rotatable bonds is 5. The number of aromatic nitrogens is 1. The Balaban J connectivity index is 2.01. The Bertz CT molecular complexity index is 377. The number of piperidine rings is 1. The molecular weight excluding hydrogens is 238 g/mol. The molecule has 2 atom stereocenters. The molecule has 2 unspecified atom stereocenters. The summed E-state index contributed by atoms with van der Waals surface area (Å²) < 4.78 is 5.73. The molecule has 2 N–H and O–H groups in total. The van der Waals surface area contributed by atoms with Crippen LogP contribution in [0.4, 0.5) is 5.69 Å². The third kappa shape index (κ3) is 3.67. The second kappa shape index (κ2) is 6.87. The SMILES string of the molecule is CCOC1CCCN(c2ccc(C(N)CC)nc2)C1. The van der Waals surface area contributed by atoms with E-state index in [-0.39, 0.29) is 6.04 Å². The van der Waals surface area contributed by atoms with Crippen LogP contribution in [-0.4, -0.2) is 30.8 Å². The molecule has 1 aliphatic rings.